The molecule has 0 saturated heterocycles. The predicted molar refractivity (Wildman–Crippen MR) is 60.3 cm³/mol. The monoisotopic (exact) mass is 223 g/mol. The Balaban J connectivity index is 1.98. The molecule has 1 heterocycles. The zero-order valence-electron chi connectivity index (χ0n) is 7.38. The van der Waals surface area contributed by atoms with Crippen LogP contribution >= 0.6 is 23.1 Å². The highest BCUT2D eigenvalue weighted by Gasteiger charge is 1.99. The van der Waals surface area contributed by atoms with Crippen LogP contribution in [0.3, 0.4) is 0 Å². The van der Waals surface area contributed by atoms with Crippen LogP contribution in [-0.4, -0.2) is 10.2 Å². The third-order valence-corrected chi connectivity index (χ3v) is 3.58. The number of nitrogen functional groups attached to an aromatic ring is 1. The molecule has 0 radical (unpaired) electrons. The zero-order valence-corrected chi connectivity index (χ0v) is 9.02. The lowest BCUT2D eigenvalue weighted by molar-refractivity contribution is 1.01. The Morgan fingerprint density at radius 2 is 2.36 bits per heavy atom. The van der Waals surface area contributed by atoms with Crippen LogP contribution in [0.2, 0.25) is 0 Å². The third kappa shape index (κ3) is 2.46. The number of rotatable bonds is 3. The van der Waals surface area contributed by atoms with E-state index in [2.05, 4.69) is 16.3 Å². The van der Waals surface area contributed by atoms with Gasteiger partial charge in [-0.15, -0.1) is 10.2 Å². The SMILES string of the molecule is Nc1cccc(CSc2nncs2)c1. The first-order chi connectivity index (χ1) is 6.84. The van der Waals surface area contributed by atoms with Gasteiger partial charge in [0.15, 0.2) is 4.34 Å². The number of thioether (sulfide) groups is 1. The molecule has 3 nitrogen and oxygen atoms in total. The summed E-state index contributed by atoms with van der Waals surface area (Å²) in [5, 5.41) is 7.73. The Bertz CT molecular complexity index is 400. The van der Waals surface area contributed by atoms with Gasteiger partial charge in [-0.25, -0.2) is 0 Å². The van der Waals surface area contributed by atoms with E-state index in [1.165, 1.54) is 5.56 Å². The van der Waals surface area contributed by atoms with Crippen LogP contribution in [-0.2, 0) is 5.75 Å². The molecule has 0 spiro atoms. The molecule has 0 aliphatic heterocycles. The van der Waals surface area contributed by atoms with Gasteiger partial charge in [0.05, 0.1) is 0 Å². The molecule has 0 fully saturated rings. The van der Waals surface area contributed by atoms with Gasteiger partial charge in [-0.05, 0) is 17.7 Å². The average Bonchev–Trinajstić information content (AvgIpc) is 2.67. The standard InChI is InChI=1S/C9H9N3S2/c10-8-3-1-2-7(4-8)5-13-9-12-11-6-14-9/h1-4,6H,5,10H2. The van der Waals surface area contributed by atoms with Crippen molar-refractivity contribution in [2.24, 2.45) is 0 Å². The van der Waals surface area contributed by atoms with Gasteiger partial charge in [-0.2, -0.15) is 0 Å². The minimum absolute atomic E-state index is 0.806. The van der Waals surface area contributed by atoms with E-state index in [1.807, 2.05) is 18.2 Å². The summed E-state index contributed by atoms with van der Waals surface area (Å²) < 4.78 is 0.993. The minimum atomic E-state index is 0.806. The lowest BCUT2D eigenvalue weighted by Crippen LogP contribution is -1.86. The van der Waals surface area contributed by atoms with Gasteiger partial charge in [-0.1, -0.05) is 35.2 Å². The molecule has 0 amide bonds. The topological polar surface area (TPSA) is 51.8 Å². The third-order valence-electron chi connectivity index (χ3n) is 1.65. The molecule has 0 unspecified atom stereocenters. The first-order valence-electron chi connectivity index (χ1n) is 4.08. The van der Waals surface area contributed by atoms with Crippen LogP contribution in [0.15, 0.2) is 34.1 Å². The molecule has 2 rings (SSSR count). The molecule has 1 aromatic carbocycles. The number of hydrogen-bond donors (Lipinski definition) is 1. The maximum Gasteiger partial charge on any atom is 0.174 e. The van der Waals surface area contributed by atoms with Gasteiger partial charge >= 0.3 is 0 Å². The normalized spacial score (nSPS) is 10.3. The van der Waals surface area contributed by atoms with E-state index >= 15 is 0 Å². The Hall–Kier alpha value is -1.07. The van der Waals surface area contributed by atoms with E-state index in [0.717, 1.165) is 15.8 Å². The number of hydrogen-bond acceptors (Lipinski definition) is 5. The summed E-state index contributed by atoms with van der Waals surface area (Å²) in [6, 6.07) is 7.89. The van der Waals surface area contributed by atoms with Crippen molar-refractivity contribution < 1.29 is 0 Å². The summed E-state index contributed by atoms with van der Waals surface area (Å²) in [7, 11) is 0. The van der Waals surface area contributed by atoms with Gasteiger partial charge in [0.25, 0.3) is 0 Å². The second-order valence-corrected chi connectivity index (χ2v) is 4.79. The maximum atomic E-state index is 5.67. The summed E-state index contributed by atoms with van der Waals surface area (Å²) in [6.07, 6.45) is 0. The predicted octanol–water partition coefficient (Wildman–Crippen LogP) is 2.41. The summed E-state index contributed by atoms with van der Waals surface area (Å²) in [5.41, 5.74) is 9.43. The summed E-state index contributed by atoms with van der Waals surface area (Å²) in [4.78, 5) is 0. The second-order valence-electron chi connectivity index (χ2n) is 2.74. The summed E-state index contributed by atoms with van der Waals surface area (Å²) >= 11 is 3.23. The van der Waals surface area contributed by atoms with Crippen molar-refractivity contribution >= 4 is 28.8 Å². The molecule has 72 valence electrons. The highest BCUT2D eigenvalue weighted by Crippen LogP contribution is 2.24. The van der Waals surface area contributed by atoms with Crippen molar-refractivity contribution in [2.75, 3.05) is 5.73 Å². The van der Waals surface area contributed by atoms with Crippen molar-refractivity contribution in [1.29, 1.82) is 0 Å². The number of nitrogens with two attached hydrogens (primary N) is 1. The average molecular weight is 223 g/mol. The number of anilines is 1. The molecular formula is C9H9N3S2. The first kappa shape index (κ1) is 9.48. The van der Waals surface area contributed by atoms with Crippen molar-refractivity contribution in [3.63, 3.8) is 0 Å². The van der Waals surface area contributed by atoms with Crippen molar-refractivity contribution in [3.8, 4) is 0 Å². The number of benzene rings is 1. The van der Waals surface area contributed by atoms with Gasteiger partial charge < -0.3 is 5.73 Å². The molecule has 1 aromatic heterocycles. The van der Waals surface area contributed by atoms with E-state index in [1.54, 1.807) is 28.6 Å². The molecule has 14 heavy (non-hydrogen) atoms. The fraction of sp³-hybridized carbons (Fsp3) is 0.111. The van der Waals surface area contributed by atoms with Gasteiger partial charge in [0.2, 0.25) is 0 Å². The van der Waals surface area contributed by atoms with E-state index in [9.17, 15) is 0 Å². The van der Waals surface area contributed by atoms with E-state index in [0.29, 0.717) is 0 Å². The van der Waals surface area contributed by atoms with Gasteiger partial charge in [-0.3, -0.25) is 0 Å². The molecule has 0 aliphatic rings. The first-order valence-corrected chi connectivity index (χ1v) is 5.94. The molecule has 0 bridgehead atoms. The van der Waals surface area contributed by atoms with Crippen LogP contribution in [0.25, 0.3) is 0 Å². The molecule has 0 aliphatic carbocycles. The highest BCUT2D eigenvalue weighted by atomic mass is 32.2. The Kier molecular flexibility index (Phi) is 3.00. The minimum Gasteiger partial charge on any atom is -0.399 e. The Labute approximate surface area is 90.4 Å². The molecular weight excluding hydrogens is 214 g/mol. The van der Waals surface area contributed by atoms with Crippen molar-refractivity contribution in [2.45, 2.75) is 10.1 Å². The van der Waals surface area contributed by atoms with Crippen molar-refractivity contribution in [1.82, 2.24) is 10.2 Å². The Morgan fingerprint density at radius 1 is 1.43 bits per heavy atom. The highest BCUT2D eigenvalue weighted by molar-refractivity contribution is 8.00. The number of nitrogens with zero attached hydrogens (tertiary/aromatic N) is 2. The molecule has 2 N–H and O–H groups in total. The molecule has 2 aromatic rings. The molecule has 0 saturated carbocycles. The van der Waals surface area contributed by atoms with Crippen LogP contribution in [0.4, 0.5) is 5.69 Å². The zero-order chi connectivity index (χ0) is 9.80. The largest absolute Gasteiger partial charge is 0.399 e. The summed E-state index contributed by atoms with van der Waals surface area (Å²) in [6.45, 7) is 0. The Morgan fingerprint density at radius 3 is 3.07 bits per heavy atom. The molecule has 0 atom stereocenters. The fourth-order valence-corrected chi connectivity index (χ4v) is 2.49. The quantitative estimate of drug-likeness (QED) is 0.641. The van der Waals surface area contributed by atoms with Crippen LogP contribution in [0.1, 0.15) is 5.56 Å². The smallest absolute Gasteiger partial charge is 0.174 e. The van der Waals surface area contributed by atoms with Crippen molar-refractivity contribution in [3.05, 3.63) is 35.3 Å². The van der Waals surface area contributed by atoms with E-state index in [4.69, 9.17) is 5.73 Å². The van der Waals surface area contributed by atoms with Crippen LogP contribution < -0.4 is 5.73 Å². The molecule has 5 heteroatoms. The van der Waals surface area contributed by atoms with Crippen LogP contribution in [0.5, 0.6) is 0 Å². The second kappa shape index (κ2) is 4.43. The van der Waals surface area contributed by atoms with E-state index < -0.39 is 0 Å². The maximum absolute atomic E-state index is 5.67. The van der Waals surface area contributed by atoms with Gasteiger partial charge in [0.1, 0.15) is 5.51 Å². The van der Waals surface area contributed by atoms with E-state index in [-0.39, 0.29) is 0 Å². The fourth-order valence-electron chi connectivity index (χ4n) is 1.05. The van der Waals surface area contributed by atoms with Crippen LogP contribution in [0, 0.1) is 0 Å². The lowest BCUT2D eigenvalue weighted by atomic mass is 10.2. The lowest BCUT2D eigenvalue weighted by Gasteiger charge is -1.99. The number of aromatic nitrogens is 2. The summed E-state index contributed by atoms with van der Waals surface area (Å²) in [5.74, 6) is 0.889. The van der Waals surface area contributed by atoms with Gasteiger partial charge in [0, 0.05) is 11.4 Å².